The highest BCUT2D eigenvalue weighted by Crippen LogP contribution is 2.16. The van der Waals surface area contributed by atoms with Crippen molar-refractivity contribution < 1.29 is 4.79 Å². The van der Waals surface area contributed by atoms with Crippen LogP contribution in [0.25, 0.3) is 0 Å². The number of rotatable bonds is 5. The number of hydrogen-bond donors (Lipinski definition) is 1. The van der Waals surface area contributed by atoms with Gasteiger partial charge in [0.05, 0.1) is 5.75 Å². The SMILES string of the molecule is Cc1ccccc1CSCC(=O)NN=C1CCCC1. The van der Waals surface area contributed by atoms with Gasteiger partial charge in [0.25, 0.3) is 0 Å². The van der Waals surface area contributed by atoms with Crippen LogP contribution in [0.3, 0.4) is 0 Å². The average molecular weight is 276 g/mol. The Balaban J connectivity index is 1.69. The first-order valence-electron chi connectivity index (χ1n) is 6.72. The van der Waals surface area contributed by atoms with Crippen LogP contribution in [0.4, 0.5) is 0 Å². The molecule has 0 radical (unpaired) electrons. The molecule has 1 amide bonds. The minimum atomic E-state index is -0.00187. The lowest BCUT2D eigenvalue weighted by molar-refractivity contribution is -0.118. The molecule has 1 N–H and O–H groups in total. The topological polar surface area (TPSA) is 41.5 Å². The van der Waals surface area contributed by atoms with E-state index in [0.717, 1.165) is 24.3 Å². The van der Waals surface area contributed by atoms with E-state index in [1.165, 1.54) is 24.0 Å². The van der Waals surface area contributed by atoms with Gasteiger partial charge in [-0.1, -0.05) is 24.3 Å². The first kappa shape index (κ1) is 14.1. The first-order chi connectivity index (χ1) is 9.25. The number of hydrogen-bond acceptors (Lipinski definition) is 3. The van der Waals surface area contributed by atoms with E-state index in [2.05, 4.69) is 29.6 Å². The first-order valence-corrected chi connectivity index (χ1v) is 7.87. The second-order valence-electron chi connectivity index (χ2n) is 4.84. The Morgan fingerprint density at radius 2 is 2.05 bits per heavy atom. The molecule has 4 heteroatoms. The molecular formula is C15H20N2OS. The van der Waals surface area contributed by atoms with Crippen molar-refractivity contribution in [2.45, 2.75) is 38.4 Å². The molecule has 1 aromatic rings. The third-order valence-electron chi connectivity index (χ3n) is 3.27. The average Bonchev–Trinajstić information content (AvgIpc) is 2.92. The van der Waals surface area contributed by atoms with E-state index in [-0.39, 0.29) is 5.91 Å². The van der Waals surface area contributed by atoms with Gasteiger partial charge in [-0.05, 0) is 43.7 Å². The number of aryl methyl sites for hydroxylation is 1. The van der Waals surface area contributed by atoms with Gasteiger partial charge in [-0.25, -0.2) is 5.43 Å². The molecule has 3 nitrogen and oxygen atoms in total. The maximum atomic E-state index is 11.6. The van der Waals surface area contributed by atoms with Crippen LogP contribution >= 0.6 is 11.8 Å². The van der Waals surface area contributed by atoms with Gasteiger partial charge in [0.15, 0.2) is 0 Å². The predicted molar refractivity (Wildman–Crippen MR) is 81.4 cm³/mol. The second kappa shape index (κ2) is 7.34. The summed E-state index contributed by atoms with van der Waals surface area (Å²) < 4.78 is 0. The molecule has 1 saturated carbocycles. The number of nitrogens with one attached hydrogen (secondary N) is 1. The lowest BCUT2D eigenvalue weighted by Crippen LogP contribution is -2.21. The molecule has 0 aromatic heterocycles. The zero-order valence-electron chi connectivity index (χ0n) is 11.3. The van der Waals surface area contributed by atoms with Gasteiger partial charge in [0.1, 0.15) is 0 Å². The molecular weight excluding hydrogens is 256 g/mol. The standard InChI is InChI=1S/C15H20N2OS/c1-12-6-2-3-7-13(12)10-19-11-15(18)17-16-14-8-4-5-9-14/h2-3,6-7H,4-5,8-11H2,1H3,(H,17,18). The van der Waals surface area contributed by atoms with Crippen LogP contribution in [0, 0.1) is 6.92 Å². The lowest BCUT2D eigenvalue weighted by Gasteiger charge is -2.05. The Kier molecular flexibility index (Phi) is 5.45. The molecule has 2 rings (SSSR count). The van der Waals surface area contributed by atoms with Crippen LogP contribution in [-0.4, -0.2) is 17.4 Å². The third-order valence-corrected chi connectivity index (χ3v) is 4.25. The number of carbonyl (C=O) groups excluding carboxylic acids is 1. The molecule has 1 fully saturated rings. The maximum absolute atomic E-state index is 11.6. The van der Waals surface area contributed by atoms with Gasteiger partial charge < -0.3 is 0 Å². The van der Waals surface area contributed by atoms with Crippen molar-refractivity contribution in [3.05, 3.63) is 35.4 Å². The summed E-state index contributed by atoms with van der Waals surface area (Å²) in [4.78, 5) is 11.6. The molecule has 0 aliphatic heterocycles. The fraction of sp³-hybridized carbons (Fsp3) is 0.467. The number of benzene rings is 1. The van der Waals surface area contributed by atoms with E-state index in [1.807, 2.05) is 12.1 Å². The van der Waals surface area contributed by atoms with Crippen LogP contribution in [0.5, 0.6) is 0 Å². The van der Waals surface area contributed by atoms with E-state index in [4.69, 9.17) is 0 Å². The molecule has 102 valence electrons. The van der Waals surface area contributed by atoms with Crippen molar-refractivity contribution in [2.75, 3.05) is 5.75 Å². The molecule has 1 aliphatic rings. The van der Waals surface area contributed by atoms with Crippen molar-refractivity contribution in [1.82, 2.24) is 5.43 Å². The zero-order chi connectivity index (χ0) is 13.5. The molecule has 0 bridgehead atoms. The molecule has 0 unspecified atom stereocenters. The number of amides is 1. The Hall–Kier alpha value is -1.29. The Bertz CT molecular complexity index is 463. The quantitative estimate of drug-likeness (QED) is 0.839. The third kappa shape index (κ3) is 4.71. The number of thioether (sulfide) groups is 1. The minimum Gasteiger partial charge on any atom is -0.272 e. The fourth-order valence-corrected chi connectivity index (χ4v) is 2.99. The van der Waals surface area contributed by atoms with Gasteiger partial charge in [-0.15, -0.1) is 11.8 Å². The van der Waals surface area contributed by atoms with Gasteiger partial charge >= 0.3 is 0 Å². The van der Waals surface area contributed by atoms with E-state index < -0.39 is 0 Å². The summed E-state index contributed by atoms with van der Waals surface area (Å²) in [5.41, 5.74) is 6.36. The van der Waals surface area contributed by atoms with Crippen LogP contribution in [0.2, 0.25) is 0 Å². The molecule has 19 heavy (non-hydrogen) atoms. The van der Waals surface area contributed by atoms with Gasteiger partial charge in [-0.3, -0.25) is 4.79 Å². The molecule has 0 heterocycles. The lowest BCUT2D eigenvalue weighted by atomic mass is 10.1. The van der Waals surface area contributed by atoms with E-state index in [9.17, 15) is 4.79 Å². The van der Waals surface area contributed by atoms with E-state index >= 15 is 0 Å². The molecule has 0 saturated heterocycles. The predicted octanol–water partition coefficient (Wildman–Crippen LogP) is 3.27. The van der Waals surface area contributed by atoms with Crippen molar-refractivity contribution >= 4 is 23.4 Å². The van der Waals surface area contributed by atoms with Crippen molar-refractivity contribution in [1.29, 1.82) is 0 Å². The van der Waals surface area contributed by atoms with Gasteiger partial charge in [0.2, 0.25) is 5.91 Å². The molecule has 0 spiro atoms. The maximum Gasteiger partial charge on any atom is 0.250 e. The normalized spacial score (nSPS) is 14.5. The number of carbonyl (C=O) groups is 1. The molecule has 0 atom stereocenters. The summed E-state index contributed by atoms with van der Waals surface area (Å²) in [7, 11) is 0. The number of nitrogens with zero attached hydrogens (tertiary/aromatic N) is 1. The highest BCUT2D eigenvalue weighted by Gasteiger charge is 2.08. The highest BCUT2D eigenvalue weighted by molar-refractivity contribution is 7.99. The number of hydrazone groups is 1. The van der Waals surface area contributed by atoms with Crippen molar-refractivity contribution in [2.24, 2.45) is 5.10 Å². The van der Waals surface area contributed by atoms with Crippen LogP contribution in [-0.2, 0) is 10.5 Å². The highest BCUT2D eigenvalue weighted by atomic mass is 32.2. The van der Waals surface area contributed by atoms with Crippen molar-refractivity contribution in [3.8, 4) is 0 Å². The largest absolute Gasteiger partial charge is 0.272 e. The summed E-state index contributed by atoms with van der Waals surface area (Å²) in [6.45, 7) is 2.10. The summed E-state index contributed by atoms with van der Waals surface area (Å²) in [6.07, 6.45) is 4.49. The monoisotopic (exact) mass is 276 g/mol. The Labute approximate surface area is 118 Å². The molecule has 1 aliphatic carbocycles. The molecule has 1 aromatic carbocycles. The smallest absolute Gasteiger partial charge is 0.250 e. The zero-order valence-corrected chi connectivity index (χ0v) is 12.1. The summed E-state index contributed by atoms with van der Waals surface area (Å²) in [6, 6.07) is 8.28. The van der Waals surface area contributed by atoms with Gasteiger partial charge in [-0.2, -0.15) is 5.10 Å². The summed E-state index contributed by atoms with van der Waals surface area (Å²) >= 11 is 1.63. The van der Waals surface area contributed by atoms with Crippen LogP contribution in [0.1, 0.15) is 36.8 Å². The second-order valence-corrected chi connectivity index (χ2v) is 5.83. The van der Waals surface area contributed by atoms with E-state index in [0.29, 0.717) is 5.75 Å². The minimum absolute atomic E-state index is 0.00187. The fourth-order valence-electron chi connectivity index (χ4n) is 2.09. The van der Waals surface area contributed by atoms with E-state index in [1.54, 1.807) is 11.8 Å². The van der Waals surface area contributed by atoms with Crippen LogP contribution < -0.4 is 5.43 Å². The Morgan fingerprint density at radius 1 is 1.32 bits per heavy atom. The summed E-state index contributed by atoms with van der Waals surface area (Å²) in [5.74, 6) is 1.33. The van der Waals surface area contributed by atoms with Gasteiger partial charge in [0, 0.05) is 11.5 Å². The van der Waals surface area contributed by atoms with Crippen molar-refractivity contribution in [3.63, 3.8) is 0 Å². The summed E-state index contributed by atoms with van der Waals surface area (Å²) in [5, 5.41) is 4.17. The Morgan fingerprint density at radius 3 is 2.79 bits per heavy atom. The van der Waals surface area contributed by atoms with Crippen LogP contribution in [0.15, 0.2) is 29.4 Å².